The molecular formula is C16H21NO3. The van der Waals surface area contributed by atoms with Gasteiger partial charge in [-0.25, -0.2) is 0 Å². The van der Waals surface area contributed by atoms with Gasteiger partial charge in [0.15, 0.2) is 0 Å². The van der Waals surface area contributed by atoms with Gasteiger partial charge in [-0.2, -0.15) is 0 Å². The minimum absolute atomic E-state index is 0.175. The Morgan fingerprint density at radius 1 is 1.25 bits per heavy atom. The highest BCUT2D eigenvalue weighted by atomic mass is 16.4. The van der Waals surface area contributed by atoms with Crippen LogP contribution in [0.1, 0.15) is 48.5 Å². The molecule has 1 fully saturated rings. The predicted molar refractivity (Wildman–Crippen MR) is 76.7 cm³/mol. The third-order valence-electron chi connectivity index (χ3n) is 3.90. The van der Waals surface area contributed by atoms with Gasteiger partial charge in [0, 0.05) is 11.6 Å². The van der Waals surface area contributed by atoms with Gasteiger partial charge in [0.05, 0.1) is 5.92 Å². The molecule has 0 heterocycles. The standard InChI is InChI=1S/C16H21NO3/c1-2-4-11-7-9-12(10-8-11)15(18)17-14-6-3-5-13(14)16(19)20/h7-10,13-14H,2-6H2,1H3,(H,17,18)(H,19,20)/t13-,14+/m0/s1. The lowest BCUT2D eigenvalue weighted by Crippen LogP contribution is -2.40. The maximum absolute atomic E-state index is 12.1. The highest BCUT2D eigenvalue weighted by Gasteiger charge is 2.33. The van der Waals surface area contributed by atoms with Gasteiger partial charge >= 0.3 is 5.97 Å². The molecule has 1 aromatic carbocycles. The number of carboxylic acid groups (broad SMARTS) is 1. The quantitative estimate of drug-likeness (QED) is 0.868. The first-order chi connectivity index (χ1) is 9.61. The summed E-state index contributed by atoms with van der Waals surface area (Å²) in [6.07, 6.45) is 4.34. The molecule has 2 atom stereocenters. The van der Waals surface area contributed by atoms with E-state index in [9.17, 15) is 9.59 Å². The average Bonchev–Trinajstić information content (AvgIpc) is 2.88. The summed E-state index contributed by atoms with van der Waals surface area (Å²) in [6, 6.07) is 7.30. The van der Waals surface area contributed by atoms with E-state index in [0.717, 1.165) is 25.7 Å². The molecule has 1 saturated carbocycles. The minimum atomic E-state index is -0.814. The van der Waals surface area contributed by atoms with Crippen molar-refractivity contribution in [1.29, 1.82) is 0 Å². The zero-order valence-electron chi connectivity index (χ0n) is 11.8. The lowest BCUT2D eigenvalue weighted by Gasteiger charge is -2.17. The lowest BCUT2D eigenvalue weighted by atomic mass is 10.0. The number of rotatable bonds is 5. The van der Waals surface area contributed by atoms with Crippen molar-refractivity contribution in [3.63, 3.8) is 0 Å². The van der Waals surface area contributed by atoms with E-state index in [1.54, 1.807) is 0 Å². The molecule has 20 heavy (non-hydrogen) atoms. The Labute approximate surface area is 119 Å². The monoisotopic (exact) mass is 275 g/mol. The summed E-state index contributed by atoms with van der Waals surface area (Å²) in [4.78, 5) is 23.2. The van der Waals surface area contributed by atoms with Crippen LogP contribution in [0.15, 0.2) is 24.3 Å². The van der Waals surface area contributed by atoms with Gasteiger partial charge in [-0.05, 0) is 37.0 Å². The first kappa shape index (κ1) is 14.6. The summed E-state index contributed by atoms with van der Waals surface area (Å²) in [5.74, 6) is -1.43. The van der Waals surface area contributed by atoms with Crippen LogP contribution in [0.2, 0.25) is 0 Å². The first-order valence-electron chi connectivity index (χ1n) is 7.24. The van der Waals surface area contributed by atoms with Crippen molar-refractivity contribution in [2.45, 2.75) is 45.1 Å². The molecule has 0 radical (unpaired) electrons. The molecule has 0 saturated heterocycles. The summed E-state index contributed by atoms with van der Waals surface area (Å²) in [5.41, 5.74) is 1.81. The molecule has 4 nitrogen and oxygen atoms in total. The second-order valence-corrected chi connectivity index (χ2v) is 5.40. The van der Waals surface area contributed by atoms with E-state index in [1.165, 1.54) is 5.56 Å². The molecular weight excluding hydrogens is 254 g/mol. The molecule has 2 rings (SSSR count). The summed E-state index contributed by atoms with van der Waals surface area (Å²) < 4.78 is 0. The van der Waals surface area contributed by atoms with Crippen LogP contribution in [-0.4, -0.2) is 23.0 Å². The van der Waals surface area contributed by atoms with Crippen LogP contribution < -0.4 is 5.32 Å². The van der Waals surface area contributed by atoms with E-state index in [0.29, 0.717) is 12.0 Å². The van der Waals surface area contributed by atoms with Crippen molar-refractivity contribution in [3.8, 4) is 0 Å². The smallest absolute Gasteiger partial charge is 0.308 e. The van der Waals surface area contributed by atoms with Crippen molar-refractivity contribution in [2.75, 3.05) is 0 Å². The normalized spacial score (nSPS) is 21.6. The zero-order chi connectivity index (χ0) is 14.5. The second-order valence-electron chi connectivity index (χ2n) is 5.40. The van der Waals surface area contributed by atoms with Crippen LogP contribution in [-0.2, 0) is 11.2 Å². The van der Waals surface area contributed by atoms with Crippen molar-refractivity contribution in [3.05, 3.63) is 35.4 Å². The van der Waals surface area contributed by atoms with Gasteiger partial charge in [-0.3, -0.25) is 9.59 Å². The number of hydrogen-bond donors (Lipinski definition) is 2. The van der Waals surface area contributed by atoms with E-state index in [2.05, 4.69) is 12.2 Å². The summed E-state index contributed by atoms with van der Waals surface area (Å²) >= 11 is 0. The molecule has 1 aliphatic rings. The molecule has 0 bridgehead atoms. The average molecular weight is 275 g/mol. The Morgan fingerprint density at radius 2 is 1.95 bits per heavy atom. The molecule has 1 aliphatic carbocycles. The predicted octanol–water partition coefficient (Wildman–Crippen LogP) is 2.62. The third-order valence-corrected chi connectivity index (χ3v) is 3.90. The van der Waals surface area contributed by atoms with Crippen LogP contribution in [0.25, 0.3) is 0 Å². The molecule has 108 valence electrons. The van der Waals surface area contributed by atoms with Crippen molar-refractivity contribution < 1.29 is 14.7 Å². The van der Waals surface area contributed by atoms with Crippen LogP contribution in [0.4, 0.5) is 0 Å². The van der Waals surface area contributed by atoms with Gasteiger partial charge < -0.3 is 10.4 Å². The molecule has 2 N–H and O–H groups in total. The SMILES string of the molecule is CCCc1ccc(C(=O)N[C@@H]2CCC[C@@H]2C(=O)O)cc1. The number of aliphatic carboxylic acids is 1. The number of amides is 1. The van der Waals surface area contributed by atoms with Gasteiger partial charge in [-0.1, -0.05) is 31.9 Å². The highest BCUT2D eigenvalue weighted by molar-refractivity contribution is 5.94. The summed E-state index contributed by atoms with van der Waals surface area (Å²) in [6.45, 7) is 2.12. The largest absolute Gasteiger partial charge is 0.481 e. The van der Waals surface area contributed by atoms with Gasteiger partial charge in [0.2, 0.25) is 0 Å². The Bertz CT molecular complexity index is 481. The van der Waals surface area contributed by atoms with Crippen molar-refractivity contribution in [1.82, 2.24) is 5.32 Å². The zero-order valence-corrected chi connectivity index (χ0v) is 11.8. The van der Waals surface area contributed by atoms with Gasteiger partial charge in [0.1, 0.15) is 0 Å². The number of nitrogens with one attached hydrogen (secondary N) is 1. The number of carbonyl (C=O) groups excluding carboxylic acids is 1. The van der Waals surface area contributed by atoms with E-state index in [4.69, 9.17) is 5.11 Å². The van der Waals surface area contributed by atoms with Crippen LogP contribution >= 0.6 is 0 Å². The molecule has 0 spiro atoms. The second kappa shape index (κ2) is 6.55. The Kier molecular flexibility index (Phi) is 4.77. The van der Waals surface area contributed by atoms with Crippen LogP contribution in [0.5, 0.6) is 0 Å². The maximum atomic E-state index is 12.1. The van der Waals surface area contributed by atoms with Crippen molar-refractivity contribution >= 4 is 11.9 Å². The number of aryl methyl sites for hydroxylation is 1. The van der Waals surface area contributed by atoms with Gasteiger partial charge in [-0.15, -0.1) is 0 Å². The van der Waals surface area contributed by atoms with E-state index in [-0.39, 0.29) is 11.9 Å². The summed E-state index contributed by atoms with van der Waals surface area (Å²) in [7, 11) is 0. The van der Waals surface area contributed by atoms with Crippen molar-refractivity contribution in [2.24, 2.45) is 5.92 Å². The Balaban J connectivity index is 1.99. The minimum Gasteiger partial charge on any atom is -0.481 e. The number of carbonyl (C=O) groups is 2. The molecule has 1 amide bonds. The Hall–Kier alpha value is -1.84. The number of benzene rings is 1. The number of carboxylic acids is 1. The van der Waals surface area contributed by atoms with E-state index in [1.807, 2.05) is 24.3 Å². The highest BCUT2D eigenvalue weighted by Crippen LogP contribution is 2.26. The lowest BCUT2D eigenvalue weighted by molar-refractivity contribution is -0.142. The topological polar surface area (TPSA) is 66.4 Å². The third kappa shape index (κ3) is 3.38. The van der Waals surface area contributed by atoms with E-state index >= 15 is 0 Å². The number of hydrogen-bond acceptors (Lipinski definition) is 2. The first-order valence-corrected chi connectivity index (χ1v) is 7.24. The van der Waals surface area contributed by atoms with E-state index < -0.39 is 11.9 Å². The van der Waals surface area contributed by atoms with Crippen LogP contribution in [0.3, 0.4) is 0 Å². The Morgan fingerprint density at radius 3 is 2.55 bits per heavy atom. The van der Waals surface area contributed by atoms with Gasteiger partial charge in [0.25, 0.3) is 5.91 Å². The molecule has 4 heteroatoms. The fraction of sp³-hybridized carbons (Fsp3) is 0.500. The molecule has 1 aromatic rings. The summed E-state index contributed by atoms with van der Waals surface area (Å²) in [5, 5.41) is 12.0. The molecule has 0 unspecified atom stereocenters. The van der Waals surface area contributed by atoms with Crippen LogP contribution in [0, 0.1) is 5.92 Å². The molecule has 0 aliphatic heterocycles. The fourth-order valence-corrected chi connectivity index (χ4v) is 2.79. The molecule has 0 aromatic heterocycles. The maximum Gasteiger partial charge on any atom is 0.308 e. The fourth-order valence-electron chi connectivity index (χ4n) is 2.79.